The van der Waals surface area contributed by atoms with Crippen molar-refractivity contribution in [1.82, 2.24) is 15.4 Å². The van der Waals surface area contributed by atoms with Crippen LogP contribution in [-0.2, 0) is 27.4 Å². The number of alkyl halides is 3. The third kappa shape index (κ3) is 8.14. The Bertz CT molecular complexity index is 1310. The molecule has 12 heteroatoms. The fourth-order valence-corrected chi connectivity index (χ4v) is 4.23. The smallest absolute Gasteiger partial charge is 0.489 e. The molecule has 0 bridgehead atoms. The number of pyridine rings is 1. The van der Waals surface area contributed by atoms with Gasteiger partial charge >= 0.3 is 12.1 Å². The zero-order valence-electron chi connectivity index (χ0n) is 21.1. The zero-order chi connectivity index (χ0) is 28.6. The molecular formula is C27H28F3N3O6. The molecule has 2 amide bonds. The number of ether oxygens (including phenoxy) is 1. The quantitative estimate of drug-likeness (QED) is 0.312. The van der Waals surface area contributed by atoms with E-state index in [1.165, 1.54) is 0 Å². The molecule has 0 radical (unpaired) electrons. The number of aromatic nitrogens is 1. The number of nitrogens with zero attached hydrogens (tertiary/aromatic N) is 2. The van der Waals surface area contributed by atoms with Gasteiger partial charge in [-0.25, -0.2) is 10.3 Å². The number of hydrogen-bond acceptors (Lipinski definition) is 6. The van der Waals surface area contributed by atoms with Crippen LogP contribution in [-0.4, -0.2) is 56.7 Å². The number of hydroxylamine groups is 1. The van der Waals surface area contributed by atoms with Crippen molar-refractivity contribution in [2.45, 2.75) is 51.4 Å². The molecular weight excluding hydrogens is 519 g/mol. The van der Waals surface area contributed by atoms with Crippen LogP contribution in [0.25, 0.3) is 10.9 Å². The van der Waals surface area contributed by atoms with Gasteiger partial charge in [-0.05, 0) is 56.0 Å². The summed E-state index contributed by atoms with van der Waals surface area (Å²) in [6.07, 6.45) is -2.60. The highest BCUT2D eigenvalue weighted by Gasteiger charge is 2.38. The van der Waals surface area contributed by atoms with Crippen molar-refractivity contribution in [2.24, 2.45) is 0 Å². The first-order valence-corrected chi connectivity index (χ1v) is 12.1. The second kappa shape index (κ2) is 13.1. The van der Waals surface area contributed by atoms with Crippen LogP contribution < -0.4 is 10.2 Å². The number of benzene rings is 2. The first-order chi connectivity index (χ1) is 18.5. The largest absolute Gasteiger partial charge is 0.490 e. The summed E-state index contributed by atoms with van der Waals surface area (Å²) in [6.45, 7) is 2.92. The van der Waals surface area contributed by atoms with E-state index in [0.717, 1.165) is 46.3 Å². The summed E-state index contributed by atoms with van der Waals surface area (Å²) in [7, 11) is 0. The fraction of sp³-hybridized carbons (Fsp3) is 0.333. The van der Waals surface area contributed by atoms with Gasteiger partial charge in [-0.3, -0.25) is 19.8 Å². The average molecular weight is 548 g/mol. The van der Waals surface area contributed by atoms with Crippen LogP contribution in [0.4, 0.5) is 13.2 Å². The van der Waals surface area contributed by atoms with Crippen molar-refractivity contribution in [3.05, 3.63) is 71.4 Å². The number of amides is 2. The summed E-state index contributed by atoms with van der Waals surface area (Å²) in [4.78, 5) is 39.7. The molecule has 0 saturated carbocycles. The Hall–Kier alpha value is -4.19. The Kier molecular flexibility index (Phi) is 9.83. The van der Waals surface area contributed by atoms with Gasteiger partial charge in [0.1, 0.15) is 18.4 Å². The second-order valence-electron chi connectivity index (χ2n) is 8.93. The minimum absolute atomic E-state index is 0.120. The highest BCUT2D eigenvalue weighted by molar-refractivity contribution is 5.88. The summed E-state index contributed by atoms with van der Waals surface area (Å²) in [5.41, 5.74) is 5.50. The van der Waals surface area contributed by atoms with E-state index in [9.17, 15) is 22.8 Å². The Morgan fingerprint density at radius 2 is 1.77 bits per heavy atom. The van der Waals surface area contributed by atoms with E-state index in [0.29, 0.717) is 19.6 Å². The number of carboxylic acids is 1. The lowest BCUT2D eigenvalue weighted by Gasteiger charge is -2.34. The number of nitrogens with one attached hydrogen (secondary N) is 1. The Morgan fingerprint density at radius 3 is 2.41 bits per heavy atom. The monoisotopic (exact) mass is 547 g/mol. The zero-order valence-corrected chi connectivity index (χ0v) is 21.1. The summed E-state index contributed by atoms with van der Waals surface area (Å²) in [5.74, 6) is -2.69. The number of hydrogen-bond donors (Lipinski definition) is 3. The number of halogens is 3. The predicted octanol–water partition coefficient (Wildman–Crippen LogP) is 4.18. The number of aliphatic carboxylic acids is 1. The van der Waals surface area contributed by atoms with Crippen LogP contribution in [0.3, 0.4) is 0 Å². The number of aryl methyl sites for hydroxylation is 1. The summed E-state index contributed by atoms with van der Waals surface area (Å²) in [5, 5.41) is 17.2. The number of likely N-dealkylation sites (tertiary alicyclic amines) is 1. The van der Waals surface area contributed by atoms with Crippen LogP contribution in [0, 0.1) is 6.92 Å². The van der Waals surface area contributed by atoms with Crippen molar-refractivity contribution >= 4 is 28.7 Å². The third-order valence-corrected chi connectivity index (χ3v) is 6.08. The maximum absolute atomic E-state index is 12.8. The standard InChI is InChI=1S/C25H27N3O4.C2HF3O2/c1-17-14-19(21-6-2-3-7-22(21)26-17)16-32-20-11-9-18(10-12-20)15-24(29)28-13-5-4-8-23(28)25(30)27-31;3-2(4,5)1(6)7/h2-3,6-7,9-12,14,23,31H,4-5,8,13,15-16H2,1H3,(H,27,30);(H,6,7)/t23-;/m1./s1. The van der Waals surface area contributed by atoms with Gasteiger partial charge in [-0.15, -0.1) is 0 Å². The lowest BCUT2D eigenvalue weighted by molar-refractivity contribution is -0.192. The summed E-state index contributed by atoms with van der Waals surface area (Å²) >= 11 is 0. The van der Waals surface area contributed by atoms with Gasteiger partial charge in [-0.2, -0.15) is 13.2 Å². The normalized spacial score (nSPS) is 15.2. The molecule has 1 aliphatic heterocycles. The minimum atomic E-state index is -5.08. The molecule has 3 N–H and O–H groups in total. The summed E-state index contributed by atoms with van der Waals surface area (Å²) in [6, 6.07) is 16.9. The van der Waals surface area contributed by atoms with E-state index in [1.54, 1.807) is 10.4 Å². The predicted molar refractivity (Wildman–Crippen MR) is 134 cm³/mol. The van der Waals surface area contributed by atoms with Crippen LogP contribution >= 0.6 is 0 Å². The summed E-state index contributed by atoms with van der Waals surface area (Å²) < 4.78 is 37.7. The van der Waals surface area contributed by atoms with Crippen molar-refractivity contribution in [2.75, 3.05) is 6.54 Å². The molecule has 1 fully saturated rings. The van der Waals surface area contributed by atoms with E-state index in [2.05, 4.69) is 4.98 Å². The van der Waals surface area contributed by atoms with Crippen LogP contribution in [0.15, 0.2) is 54.6 Å². The van der Waals surface area contributed by atoms with Crippen LogP contribution in [0.1, 0.15) is 36.1 Å². The molecule has 1 aromatic heterocycles. The lowest BCUT2D eigenvalue weighted by Crippen LogP contribution is -2.51. The molecule has 0 spiro atoms. The molecule has 3 aromatic rings. The van der Waals surface area contributed by atoms with E-state index in [-0.39, 0.29) is 12.3 Å². The van der Waals surface area contributed by atoms with Crippen LogP contribution in [0.5, 0.6) is 5.75 Å². The first kappa shape index (κ1) is 29.4. The van der Waals surface area contributed by atoms with Gasteiger partial charge in [0.05, 0.1) is 11.9 Å². The topological polar surface area (TPSA) is 129 Å². The highest BCUT2D eigenvalue weighted by Crippen LogP contribution is 2.22. The fourth-order valence-electron chi connectivity index (χ4n) is 4.23. The number of carboxylic acid groups (broad SMARTS) is 1. The lowest BCUT2D eigenvalue weighted by atomic mass is 10.00. The number of para-hydroxylation sites is 1. The van der Waals surface area contributed by atoms with Crippen LogP contribution in [0.2, 0.25) is 0 Å². The van der Waals surface area contributed by atoms with E-state index in [4.69, 9.17) is 19.8 Å². The maximum atomic E-state index is 12.8. The number of carbonyl (C=O) groups is 3. The van der Waals surface area contributed by atoms with Crippen molar-refractivity contribution in [3.63, 3.8) is 0 Å². The highest BCUT2D eigenvalue weighted by atomic mass is 19.4. The Labute approximate surface area is 222 Å². The van der Waals surface area contributed by atoms with E-state index in [1.807, 2.05) is 61.5 Å². The molecule has 9 nitrogen and oxygen atoms in total. The molecule has 39 heavy (non-hydrogen) atoms. The van der Waals surface area contributed by atoms with Crippen molar-refractivity contribution < 1.29 is 42.6 Å². The number of carbonyl (C=O) groups excluding carboxylic acids is 2. The number of fused-ring (bicyclic) bond motifs is 1. The molecule has 1 atom stereocenters. The molecule has 208 valence electrons. The van der Waals surface area contributed by atoms with Crippen molar-refractivity contribution in [3.8, 4) is 5.75 Å². The Morgan fingerprint density at radius 1 is 1.10 bits per heavy atom. The van der Waals surface area contributed by atoms with Gasteiger partial charge in [0.15, 0.2) is 0 Å². The third-order valence-electron chi connectivity index (χ3n) is 6.08. The number of piperidine rings is 1. The first-order valence-electron chi connectivity index (χ1n) is 12.1. The van der Waals surface area contributed by atoms with Gasteiger partial charge in [0.2, 0.25) is 5.91 Å². The van der Waals surface area contributed by atoms with E-state index >= 15 is 0 Å². The molecule has 0 aliphatic carbocycles. The Balaban J connectivity index is 0.000000532. The van der Waals surface area contributed by atoms with Gasteiger partial charge in [-0.1, -0.05) is 30.3 Å². The van der Waals surface area contributed by atoms with Gasteiger partial charge in [0, 0.05) is 23.2 Å². The van der Waals surface area contributed by atoms with Crippen molar-refractivity contribution in [1.29, 1.82) is 0 Å². The maximum Gasteiger partial charge on any atom is 0.490 e. The van der Waals surface area contributed by atoms with Gasteiger partial charge < -0.3 is 14.7 Å². The molecule has 2 aromatic carbocycles. The molecule has 4 rings (SSSR count). The average Bonchev–Trinajstić information content (AvgIpc) is 2.91. The molecule has 1 saturated heterocycles. The van der Waals surface area contributed by atoms with Gasteiger partial charge in [0.25, 0.3) is 5.91 Å². The minimum Gasteiger partial charge on any atom is -0.489 e. The SMILES string of the molecule is Cc1cc(COc2ccc(CC(=O)N3CCCC[C@@H]3C(=O)NO)cc2)c2ccccc2n1.O=C(O)C(F)(F)F. The van der Waals surface area contributed by atoms with E-state index < -0.39 is 24.1 Å². The molecule has 1 aliphatic rings. The molecule has 2 heterocycles. The molecule has 0 unspecified atom stereocenters. The number of rotatable bonds is 6. The second-order valence-corrected chi connectivity index (χ2v) is 8.93.